The predicted molar refractivity (Wildman–Crippen MR) is 124 cm³/mol. The molecule has 166 valence electrons. The molecular weight excluding hydrogens is 409 g/mol. The quantitative estimate of drug-likeness (QED) is 0.532. The van der Waals surface area contributed by atoms with Gasteiger partial charge in [0.15, 0.2) is 0 Å². The van der Waals surface area contributed by atoms with Crippen LogP contribution in [0.1, 0.15) is 19.3 Å². The van der Waals surface area contributed by atoms with Gasteiger partial charge in [0.05, 0.1) is 18.3 Å². The molecule has 0 spiro atoms. The molecule has 1 aromatic heterocycles. The molecule has 0 aliphatic carbocycles. The fourth-order valence-corrected chi connectivity index (χ4v) is 3.75. The summed E-state index contributed by atoms with van der Waals surface area (Å²) in [6, 6.07) is 9.52. The number of benzene rings is 2. The molecule has 0 bridgehead atoms. The van der Waals surface area contributed by atoms with Crippen molar-refractivity contribution in [2.45, 2.75) is 19.3 Å². The maximum absolute atomic E-state index is 13.2. The third-order valence-corrected chi connectivity index (χ3v) is 5.40. The fourth-order valence-electron chi connectivity index (χ4n) is 3.75. The van der Waals surface area contributed by atoms with E-state index in [1.807, 2.05) is 6.08 Å². The van der Waals surface area contributed by atoms with E-state index in [1.54, 1.807) is 37.5 Å². The smallest absolute Gasteiger partial charge is 0.248 e. The summed E-state index contributed by atoms with van der Waals surface area (Å²) < 4.78 is 18.7. The van der Waals surface area contributed by atoms with Crippen molar-refractivity contribution in [3.8, 4) is 5.75 Å². The summed E-state index contributed by atoms with van der Waals surface area (Å²) in [5.41, 5.74) is 1.86. The van der Waals surface area contributed by atoms with Crippen LogP contribution in [0.2, 0.25) is 0 Å². The summed E-state index contributed by atoms with van der Waals surface area (Å²) in [6.07, 6.45) is 8.59. The highest BCUT2D eigenvalue weighted by Crippen LogP contribution is 2.33. The molecule has 0 saturated carbocycles. The normalized spacial score (nSPS) is 14.6. The number of carbonyl (C=O) groups is 1. The molecule has 1 aliphatic heterocycles. The number of ether oxygens (including phenoxy) is 1. The first-order valence-electron chi connectivity index (χ1n) is 10.7. The molecule has 1 amide bonds. The van der Waals surface area contributed by atoms with Crippen LogP contribution in [0.25, 0.3) is 10.9 Å². The topological polar surface area (TPSA) is 79.4 Å². The zero-order valence-corrected chi connectivity index (χ0v) is 18.0. The number of carbonyl (C=O) groups excluding carboxylic acids is 1. The SMILES string of the molecule is COc1cc2ncnc(Nc3ccc(F)cc3)c2cc1NC(=O)C=CCN1CCCCC1. The number of fused-ring (bicyclic) bond motifs is 1. The Morgan fingerprint density at radius 3 is 2.69 bits per heavy atom. The van der Waals surface area contributed by atoms with Gasteiger partial charge < -0.3 is 15.4 Å². The first-order valence-corrected chi connectivity index (χ1v) is 10.7. The van der Waals surface area contributed by atoms with Crippen molar-refractivity contribution in [3.05, 3.63) is 60.7 Å². The van der Waals surface area contributed by atoms with Crippen molar-refractivity contribution in [2.75, 3.05) is 37.4 Å². The number of piperidine rings is 1. The number of nitrogens with zero attached hydrogens (tertiary/aromatic N) is 3. The molecule has 2 N–H and O–H groups in total. The number of hydrogen-bond acceptors (Lipinski definition) is 6. The number of halogens is 1. The molecule has 4 rings (SSSR count). The first-order chi connectivity index (χ1) is 15.6. The lowest BCUT2D eigenvalue weighted by Crippen LogP contribution is -2.29. The van der Waals surface area contributed by atoms with Crippen LogP contribution in [0, 0.1) is 5.82 Å². The second-order valence-corrected chi connectivity index (χ2v) is 7.68. The highest BCUT2D eigenvalue weighted by atomic mass is 19.1. The van der Waals surface area contributed by atoms with Crippen molar-refractivity contribution < 1.29 is 13.9 Å². The number of aromatic nitrogens is 2. The summed E-state index contributed by atoms with van der Waals surface area (Å²) in [4.78, 5) is 23.5. The van der Waals surface area contributed by atoms with E-state index in [4.69, 9.17) is 4.74 Å². The summed E-state index contributed by atoms with van der Waals surface area (Å²) >= 11 is 0. The van der Waals surface area contributed by atoms with E-state index < -0.39 is 0 Å². The van der Waals surface area contributed by atoms with Gasteiger partial charge in [0, 0.05) is 29.8 Å². The molecule has 1 fully saturated rings. The molecule has 7 nitrogen and oxygen atoms in total. The van der Waals surface area contributed by atoms with E-state index >= 15 is 0 Å². The molecule has 3 aromatic rings. The van der Waals surface area contributed by atoms with Gasteiger partial charge in [0.25, 0.3) is 0 Å². The summed E-state index contributed by atoms with van der Waals surface area (Å²) in [6.45, 7) is 2.92. The molecule has 0 unspecified atom stereocenters. The van der Waals surface area contributed by atoms with Gasteiger partial charge in [-0.3, -0.25) is 9.69 Å². The Balaban J connectivity index is 1.53. The third-order valence-electron chi connectivity index (χ3n) is 5.40. The third kappa shape index (κ3) is 5.39. The maximum atomic E-state index is 13.2. The lowest BCUT2D eigenvalue weighted by Gasteiger charge is -2.24. The van der Waals surface area contributed by atoms with Crippen molar-refractivity contribution in [1.82, 2.24) is 14.9 Å². The minimum atomic E-state index is -0.314. The molecule has 8 heteroatoms. The average molecular weight is 436 g/mol. The number of anilines is 3. The monoisotopic (exact) mass is 435 g/mol. The van der Waals surface area contributed by atoms with Gasteiger partial charge >= 0.3 is 0 Å². The van der Waals surface area contributed by atoms with Crippen LogP contribution in [-0.4, -0.2) is 47.5 Å². The Labute approximate surface area is 186 Å². The van der Waals surface area contributed by atoms with Crippen LogP contribution in [0.5, 0.6) is 5.75 Å². The molecule has 1 aliphatic rings. The summed E-state index contributed by atoms with van der Waals surface area (Å²) in [7, 11) is 1.54. The van der Waals surface area contributed by atoms with Crippen molar-refractivity contribution >= 4 is 34.0 Å². The summed E-state index contributed by atoms with van der Waals surface area (Å²) in [5, 5.41) is 6.76. The van der Waals surface area contributed by atoms with Crippen LogP contribution < -0.4 is 15.4 Å². The van der Waals surface area contributed by atoms with E-state index in [0.717, 1.165) is 19.6 Å². The molecular formula is C24H26FN5O2. The Hall–Kier alpha value is -3.52. The van der Waals surface area contributed by atoms with Crippen molar-refractivity contribution in [2.24, 2.45) is 0 Å². The van der Waals surface area contributed by atoms with Crippen LogP contribution >= 0.6 is 0 Å². The molecule has 32 heavy (non-hydrogen) atoms. The van der Waals surface area contributed by atoms with E-state index in [0.29, 0.717) is 33.8 Å². The van der Waals surface area contributed by atoms with Gasteiger partial charge in [-0.1, -0.05) is 12.5 Å². The van der Waals surface area contributed by atoms with Gasteiger partial charge in [-0.15, -0.1) is 0 Å². The Bertz CT molecular complexity index is 1110. The van der Waals surface area contributed by atoms with Crippen molar-refractivity contribution in [3.63, 3.8) is 0 Å². The van der Waals surface area contributed by atoms with E-state index in [9.17, 15) is 9.18 Å². The number of amides is 1. The lowest BCUT2D eigenvalue weighted by atomic mass is 10.1. The van der Waals surface area contributed by atoms with Gasteiger partial charge in [-0.05, 0) is 56.3 Å². The average Bonchev–Trinajstić information content (AvgIpc) is 2.81. The van der Waals surface area contributed by atoms with E-state index in [1.165, 1.54) is 37.7 Å². The Morgan fingerprint density at radius 1 is 1.16 bits per heavy atom. The predicted octanol–water partition coefficient (Wildman–Crippen LogP) is 4.50. The highest BCUT2D eigenvalue weighted by molar-refractivity contribution is 6.03. The largest absolute Gasteiger partial charge is 0.494 e. The van der Waals surface area contributed by atoms with Crippen LogP contribution in [-0.2, 0) is 4.79 Å². The van der Waals surface area contributed by atoms with Crippen molar-refractivity contribution in [1.29, 1.82) is 0 Å². The second-order valence-electron chi connectivity index (χ2n) is 7.68. The fraction of sp³-hybridized carbons (Fsp3) is 0.292. The van der Waals surface area contributed by atoms with Gasteiger partial charge in [0.1, 0.15) is 23.7 Å². The molecule has 2 heterocycles. The summed E-state index contributed by atoms with van der Waals surface area (Å²) in [5.74, 6) is 0.498. The van der Waals surface area contributed by atoms with Gasteiger partial charge in [-0.25, -0.2) is 14.4 Å². The molecule has 2 aromatic carbocycles. The van der Waals surface area contributed by atoms with Crippen LogP contribution in [0.3, 0.4) is 0 Å². The zero-order valence-electron chi connectivity index (χ0n) is 18.0. The number of rotatable bonds is 7. The van der Waals surface area contributed by atoms with Crippen LogP contribution in [0.4, 0.5) is 21.6 Å². The number of hydrogen-bond donors (Lipinski definition) is 2. The van der Waals surface area contributed by atoms with E-state index in [-0.39, 0.29) is 11.7 Å². The first kappa shape index (κ1) is 21.7. The second kappa shape index (κ2) is 10.2. The zero-order chi connectivity index (χ0) is 22.3. The Kier molecular flexibility index (Phi) is 6.91. The number of methoxy groups -OCH3 is 1. The molecule has 0 radical (unpaired) electrons. The van der Waals surface area contributed by atoms with Gasteiger partial charge in [-0.2, -0.15) is 0 Å². The molecule has 1 saturated heterocycles. The maximum Gasteiger partial charge on any atom is 0.248 e. The van der Waals surface area contributed by atoms with Gasteiger partial charge in [0.2, 0.25) is 5.91 Å². The molecule has 0 atom stereocenters. The minimum Gasteiger partial charge on any atom is -0.494 e. The minimum absolute atomic E-state index is 0.232. The standard InChI is InChI=1S/C24H26FN5O2/c1-32-22-15-20-19(24(27-16-26-20)28-18-9-7-17(25)8-10-18)14-21(22)29-23(31)6-5-13-30-11-3-2-4-12-30/h5-10,14-16H,2-4,11-13H2,1H3,(H,29,31)(H,26,27,28). The number of likely N-dealkylation sites (tertiary alicyclic amines) is 1. The van der Waals surface area contributed by atoms with E-state index in [2.05, 4.69) is 25.5 Å². The highest BCUT2D eigenvalue weighted by Gasteiger charge is 2.13. The lowest BCUT2D eigenvalue weighted by molar-refractivity contribution is -0.111. The Morgan fingerprint density at radius 2 is 1.94 bits per heavy atom. The number of nitrogens with one attached hydrogen (secondary N) is 2. The van der Waals surface area contributed by atoms with Crippen LogP contribution in [0.15, 0.2) is 54.9 Å².